The Balaban J connectivity index is 1.37. The van der Waals surface area contributed by atoms with E-state index in [-0.39, 0.29) is 14.5 Å². The molecule has 1 aliphatic heterocycles. The molecule has 0 bridgehead atoms. The van der Waals surface area contributed by atoms with Crippen LogP contribution in [-0.4, -0.2) is 14.5 Å². The average Bonchev–Trinajstić information content (AvgIpc) is 3.69. The van der Waals surface area contributed by atoms with Gasteiger partial charge in [-0.25, -0.2) is 0 Å². The fourth-order valence-electron chi connectivity index (χ4n) is 4.08. The molecule has 37 heavy (non-hydrogen) atoms. The van der Waals surface area contributed by atoms with Crippen molar-refractivity contribution >= 4 is 64.8 Å². The molecule has 0 aliphatic carbocycles. The van der Waals surface area contributed by atoms with E-state index in [0.29, 0.717) is 0 Å². The first kappa shape index (κ1) is 24.4. The quantitative estimate of drug-likeness (QED) is 0.176. The molecule has 5 aromatic rings. The summed E-state index contributed by atoms with van der Waals surface area (Å²) in [6, 6.07) is 34.9. The molecule has 0 unspecified atom stereocenters. The van der Waals surface area contributed by atoms with E-state index < -0.39 is 0 Å². The number of allylic oxidation sites excluding steroid dienone is 5. The van der Waals surface area contributed by atoms with Crippen LogP contribution in [0.4, 0.5) is 0 Å². The molecule has 0 spiro atoms. The molecule has 3 aromatic heterocycles. The number of benzene rings is 2. The number of thioether (sulfide) groups is 1. The first-order chi connectivity index (χ1) is 18.3. The molecule has 0 radical (unpaired) electrons. The van der Waals surface area contributed by atoms with Crippen LogP contribution in [0.15, 0.2) is 138 Å². The van der Waals surface area contributed by atoms with Gasteiger partial charge in [-0.1, -0.05) is 0 Å². The van der Waals surface area contributed by atoms with Crippen molar-refractivity contribution in [1.82, 2.24) is 0 Å². The Morgan fingerprint density at radius 2 is 1.14 bits per heavy atom. The SMILES string of the molecule is C(/C=C/c1cc(-c2ccccc2)[se+]c(-c2ccccc2)c1)=C1C=C(c2cccs2)SC(c2cccs2)=C1. The van der Waals surface area contributed by atoms with Crippen LogP contribution in [0.5, 0.6) is 0 Å². The van der Waals surface area contributed by atoms with Crippen LogP contribution < -0.4 is 0 Å². The fourth-order valence-corrected chi connectivity index (χ4v) is 9.23. The van der Waals surface area contributed by atoms with Crippen LogP contribution in [-0.2, 0) is 0 Å². The van der Waals surface area contributed by atoms with E-state index in [9.17, 15) is 0 Å². The van der Waals surface area contributed by atoms with Gasteiger partial charge in [-0.05, 0) is 0 Å². The maximum atomic E-state index is 2.35. The van der Waals surface area contributed by atoms with Gasteiger partial charge in [0, 0.05) is 0 Å². The van der Waals surface area contributed by atoms with Crippen molar-refractivity contribution in [3.63, 3.8) is 0 Å². The number of hydrogen-bond acceptors (Lipinski definition) is 3. The van der Waals surface area contributed by atoms with E-state index in [1.54, 1.807) is 22.7 Å². The van der Waals surface area contributed by atoms with Gasteiger partial charge in [0.05, 0.1) is 0 Å². The molecule has 0 atom stereocenters. The minimum absolute atomic E-state index is 0.260. The molecule has 1 aliphatic rings. The molecule has 0 amide bonds. The summed E-state index contributed by atoms with van der Waals surface area (Å²) < 4.78 is 2.83. The van der Waals surface area contributed by atoms with E-state index in [0.717, 1.165) is 0 Å². The normalized spacial score (nSPS) is 13.5. The van der Waals surface area contributed by atoms with Crippen LogP contribution in [0.25, 0.3) is 35.9 Å². The molecule has 0 N–H and O–H groups in total. The number of thiophene rings is 2. The van der Waals surface area contributed by atoms with E-state index in [2.05, 4.69) is 138 Å². The first-order valence-corrected chi connectivity index (χ1v) is 16.3. The van der Waals surface area contributed by atoms with Crippen LogP contribution in [0.2, 0.25) is 0 Å². The topological polar surface area (TPSA) is 0 Å². The van der Waals surface area contributed by atoms with Gasteiger partial charge in [-0.15, -0.1) is 0 Å². The predicted octanol–water partition coefficient (Wildman–Crippen LogP) is 10.3. The van der Waals surface area contributed by atoms with E-state index in [4.69, 9.17) is 0 Å². The van der Waals surface area contributed by atoms with Crippen molar-refractivity contribution in [2.75, 3.05) is 0 Å². The Morgan fingerprint density at radius 3 is 1.62 bits per heavy atom. The Morgan fingerprint density at radius 1 is 0.595 bits per heavy atom. The third-order valence-electron chi connectivity index (χ3n) is 5.85. The molecule has 178 valence electrons. The minimum atomic E-state index is 0.260. The van der Waals surface area contributed by atoms with Crippen molar-refractivity contribution < 1.29 is 0 Å². The second-order valence-corrected chi connectivity index (χ2v) is 13.7. The molecule has 4 heteroatoms. The molecule has 6 rings (SSSR count). The third kappa shape index (κ3) is 5.96. The van der Waals surface area contributed by atoms with Crippen molar-refractivity contribution in [2.24, 2.45) is 0 Å². The van der Waals surface area contributed by atoms with Crippen LogP contribution in [0.3, 0.4) is 0 Å². The maximum absolute atomic E-state index is 2.35. The zero-order valence-corrected chi connectivity index (χ0v) is 24.1. The van der Waals surface area contributed by atoms with Crippen LogP contribution in [0, 0.1) is 0 Å². The van der Waals surface area contributed by atoms with Crippen molar-refractivity contribution in [1.29, 1.82) is 0 Å². The number of rotatable bonds is 6. The molecular formula is C33H23S3Se+. The predicted molar refractivity (Wildman–Crippen MR) is 168 cm³/mol. The summed E-state index contributed by atoms with van der Waals surface area (Å²) in [5, 5.41) is 4.30. The van der Waals surface area contributed by atoms with Crippen LogP contribution >= 0.6 is 34.4 Å². The molecule has 0 saturated carbocycles. The van der Waals surface area contributed by atoms with Crippen LogP contribution in [0.1, 0.15) is 15.3 Å². The first-order valence-electron chi connectivity index (χ1n) is 12.0. The Kier molecular flexibility index (Phi) is 7.64. The van der Waals surface area contributed by atoms with Gasteiger partial charge in [0.25, 0.3) is 0 Å². The number of hydrogen-bond donors (Lipinski definition) is 0. The van der Waals surface area contributed by atoms with Crippen molar-refractivity contribution in [3.8, 4) is 20.0 Å². The van der Waals surface area contributed by atoms with Crippen molar-refractivity contribution in [3.05, 3.63) is 153 Å². The second kappa shape index (κ2) is 11.6. The van der Waals surface area contributed by atoms with Gasteiger partial charge < -0.3 is 0 Å². The van der Waals surface area contributed by atoms with E-state index in [1.165, 1.54) is 50.7 Å². The van der Waals surface area contributed by atoms with Gasteiger partial charge in [-0.3, -0.25) is 0 Å². The summed E-state index contributed by atoms with van der Waals surface area (Å²) >= 11 is 5.72. The molecule has 0 nitrogen and oxygen atoms in total. The zero-order chi connectivity index (χ0) is 24.9. The van der Waals surface area contributed by atoms with Crippen molar-refractivity contribution in [2.45, 2.75) is 0 Å². The molecule has 2 aromatic carbocycles. The fraction of sp³-hybridized carbons (Fsp3) is 0. The van der Waals surface area contributed by atoms with E-state index in [1.807, 2.05) is 11.8 Å². The van der Waals surface area contributed by atoms with Gasteiger partial charge in [0.1, 0.15) is 0 Å². The second-order valence-electron chi connectivity index (χ2n) is 8.45. The third-order valence-corrected chi connectivity index (χ3v) is 11.4. The molecule has 4 heterocycles. The van der Waals surface area contributed by atoms with Gasteiger partial charge in [0.2, 0.25) is 0 Å². The monoisotopic (exact) mass is 595 g/mol. The Hall–Kier alpha value is -2.98. The molecular weight excluding hydrogens is 572 g/mol. The zero-order valence-electron chi connectivity index (χ0n) is 19.9. The van der Waals surface area contributed by atoms with Gasteiger partial charge >= 0.3 is 238 Å². The van der Waals surface area contributed by atoms with Gasteiger partial charge in [0.15, 0.2) is 0 Å². The van der Waals surface area contributed by atoms with E-state index >= 15 is 0 Å². The summed E-state index contributed by atoms with van der Waals surface area (Å²) in [6.45, 7) is 0. The standard InChI is InChI=1S/C33H23S3Se/c1-3-12-26(13-4-1)32-22-25(23-33(37-32)27-14-5-2-6-15-27)11-7-10-24-20-30(28-16-8-18-34-28)36-31(21-24)29-17-9-19-35-29/h1-23H/q+1/b11-7+. The average molecular weight is 595 g/mol. The van der Waals surface area contributed by atoms with Gasteiger partial charge in [-0.2, -0.15) is 0 Å². The summed E-state index contributed by atoms with van der Waals surface area (Å²) in [7, 11) is 0. The Labute approximate surface area is 236 Å². The summed E-state index contributed by atoms with van der Waals surface area (Å²) in [5.74, 6) is 0. The summed E-state index contributed by atoms with van der Waals surface area (Å²) in [4.78, 5) is 5.26. The molecule has 0 fully saturated rings. The summed E-state index contributed by atoms with van der Waals surface area (Å²) in [5.41, 5.74) is 5.08. The molecule has 0 saturated heterocycles. The Bertz CT molecular complexity index is 1500. The summed E-state index contributed by atoms with van der Waals surface area (Å²) in [6.07, 6.45) is 11.3.